The third kappa shape index (κ3) is 9.19. The normalized spacial score (nSPS) is 13.2. The fourth-order valence-corrected chi connectivity index (χ4v) is 2.99. The lowest BCUT2D eigenvalue weighted by Crippen LogP contribution is -2.42. The van der Waals surface area contributed by atoms with E-state index in [1.54, 1.807) is 7.05 Å². The van der Waals surface area contributed by atoms with E-state index < -0.39 is 11.7 Å². The predicted molar refractivity (Wildman–Crippen MR) is 129 cm³/mol. The van der Waals surface area contributed by atoms with Gasteiger partial charge in [0, 0.05) is 46.2 Å². The van der Waals surface area contributed by atoms with Crippen molar-refractivity contribution in [3.63, 3.8) is 0 Å². The number of nitrogens with one attached hydrogen (secondary N) is 3. The van der Waals surface area contributed by atoms with Crippen LogP contribution in [0.15, 0.2) is 29.3 Å². The van der Waals surface area contributed by atoms with Crippen LogP contribution in [-0.2, 0) is 22.6 Å². The number of amides is 2. The first-order valence-electron chi connectivity index (χ1n) is 10.0. The van der Waals surface area contributed by atoms with Gasteiger partial charge in [-0.3, -0.25) is 9.79 Å². The number of fused-ring (bicyclic) bond motifs is 1. The van der Waals surface area contributed by atoms with Crippen LogP contribution in [0.25, 0.3) is 0 Å². The first-order chi connectivity index (χ1) is 13.8. The molecule has 1 aromatic rings. The molecule has 8 nitrogen and oxygen atoms in total. The maximum atomic E-state index is 12.4. The van der Waals surface area contributed by atoms with Crippen molar-refractivity contribution in [2.45, 2.75) is 52.3 Å². The topological polar surface area (TPSA) is 95.1 Å². The van der Waals surface area contributed by atoms with Crippen molar-refractivity contribution >= 4 is 41.9 Å². The summed E-state index contributed by atoms with van der Waals surface area (Å²) < 4.78 is 5.18. The number of benzene rings is 1. The highest BCUT2D eigenvalue weighted by Crippen LogP contribution is 2.22. The number of aliphatic imine (C=N–C) groups is 1. The SMILES string of the molecule is CN=C(NCCCC(=O)N1Cc2ccccc2C1)NCCNC(=O)OC(C)(C)C.I. The number of alkyl carbamates (subject to hydrolysis) is 1. The summed E-state index contributed by atoms with van der Waals surface area (Å²) in [5, 5.41) is 8.98. The summed E-state index contributed by atoms with van der Waals surface area (Å²) in [6.07, 6.45) is 0.783. The van der Waals surface area contributed by atoms with Crippen molar-refractivity contribution in [3.05, 3.63) is 35.4 Å². The van der Waals surface area contributed by atoms with E-state index in [2.05, 4.69) is 33.1 Å². The quantitative estimate of drug-likeness (QED) is 0.218. The van der Waals surface area contributed by atoms with Crippen LogP contribution in [0.5, 0.6) is 0 Å². The Morgan fingerprint density at radius 3 is 2.17 bits per heavy atom. The molecule has 0 unspecified atom stereocenters. The zero-order chi connectivity index (χ0) is 21.3. The van der Waals surface area contributed by atoms with E-state index in [1.165, 1.54) is 11.1 Å². The van der Waals surface area contributed by atoms with Crippen molar-refractivity contribution in [3.8, 4) is 0 Å². The molecule has 9 heteroatoms. The van der Waals surface area contributed by atoms with Crippen LogP contribution in [0.4, 0.5) is 4.79 Å². The summed E-state index contributed by atoms with van der Waals surface area (Å²) in [6.45, 7) is 8.46. The molecule has 3 N–H and O–H groups in total. The summed E-state index contributed by atoms with van der Waals surface area (Å²) in [5.41, 5.74) is 1.97. The van der Waals surface area contributed by atoms with Crippen LogP contribution in [0, 0.1) is 0 Å². The van der Waals surface area contributed by atoms with Crippen molar-refractivity contribution < 1.29 is 14.3 Å². The first kappa shape index (κ1) is 26.0. The molecule has 2 amide bonds. The van der Waals surface area contributed by atoms with Crippen LogP contribution in [-0.4, -0.2) is 55.1 Å². The Morgan fingerprint density at radius 2 is 1.60 bits per heavy atom. The highest BCUT2D eigenvalue weighted by atomic mass is 127. The number of halogens is 1. The van der Waals surface area contributed by atoms with E-state index in [9.17, 15) is 9.59 Å². The second-order valence-corrected chi connectivity index (χ2v) is 7.98. The Balaban J connectivity index is 0.00000450. The van der Waals surface area contributed by atoms with Crippen molar-refractivity contribution in [2.24, 2.45) is 4.99 Å². The largest absolute Gasteiger partial charge is 0.444 e. The van der Waals surface area contributed by atoms with Gasteiger partial charge in [-0.2, -0.15) is 0 Å². The third-order valence-corrected chi connectivity index (χ3v) is 4.36. The average molecular weight is 531 g/mol. The summed E-state index contributed by atoms with van der Waals surface area (Å²) in [5.74, 6) is 0.810. The van der Waals surface area contributed by atoms with Gasteiger partial charge in [-0.15, -0.1) is 24.0 Å². The van der Waals surface area contributed by atoms with E-state index in [0.717, 1.165) is 6.42 Å². The molecular formula is C21H34IN5O3. The van der Waals surface area contributed by atoms with E-state index >= 15 is 0 Å². The van der Waals surface area contributed by atoms with Gasteiger partial charge in [0.15, 0.2) is 5.96 Å². The molecule has 1 aliphatic rings. The Labute approximate surface area is 196 Å². The maximum Gasteiger partial charge on any atom is 0.407 e. The summed E-state index contributed by atoms with van der Waals surface area (Å²) in [6, 6.07) is 8.19. The maximum absolute atomic E-state index is 12.4. The van der Waals surface area contributed by atoms with Crippen LogP contribution in [0.3, 0.4) is 0 Å². The van der Waals surface area contributed by atoms with Gasteiger partial charge in [-0.05, 0) is 38.3 Å². The molecule has 168 valence electrons. The number of carbonyl (C=O) groups excluding carboxylic acids is 2. The van der Waals surface area contributed by atoms with Gasteiger partial charge in [0.25, 0.3) is 0 Å². The van der Waals surface area contributed by atoms with Crippen LogP contribution < -0.4 is 16.0 Å². The van der Waals surface area contributed by atoms with Crippen LogP contribution in [0.1, 0.15) is 44.7 Å². The summed E-state index contributed by atoms with van der Waals surface area (Å²) in [7, 11) is 1.68. The summed E-state index contributed by atoms with van der Waals surface area (Å²) >= 11 is 0. The average Bonchev–Trinajstić information content (AvgIpc) is 3.09. The van der Waals surface area contributed by atoms with Gasteiger partial charge in [0.1, 0.15) is 5.60 Å². The number of hydrogen-bond acceptors (Lipinski definition) is 4. The van der Waals surface area contributed by atoms with Gasteiger partial charge in [0.2, 0.25) is 5.91 Å². The number of carbonyl (C=O) groups is 2. The lowest BCUT2D eigenvalue weighted by atomic mass is 10.1. The molecule has 1 aromatic carbocycles. The molecule has 0 atom stereocenters. The fourth-order valence-electron chi connectivity index (χ4n) is 2.99. The molecule has 2 rings (SSSR count). The number of hydrogen-bond donors (Lipinski definition) is 3. The van der Waals surface area contributed by atoms with E-state index in [0.29, 0.717) is 45.1 Å². The summed E-state index contributed by atoms with van der Waals surface area (Å²) in [4.78, 5) is 30.0. The van der Waals surface area contributed by atoms with Gasteiger partial charge in [0.05, 0.1) is 0 Å². The minimum absolute atomic E-state index is 0. The van der Waals surface area contributed by atoms with Gasteiger partial charge < -0.3 is 25.6 Å². The minimum Gasteiger partial charge on any atom is -0.444 e. The first-order valence-corrected chi connectivity index (χ1v) is 10.0. The van der Waals surface area contributed by atoms with Crippen molar-refractivity contribution in [1.82, 2.24) is 20.9 Å². The molecule has 0 saturated heterocycles. The second kappa shape index (κ2) is 12.6. The fraction of sp³-hybridized carbons (Fsp3) is 0.571. The molecule has 0 fully saturated rings. The number of nitrogens with zero attached hydrogens (tertiary/aromatic N) is 2. The molecule has 0 aliphatic carbocycles. The Hall–Kier alpha value is -2.04. The molecule has 0 radical (unpaired) electrons. The van der Waals surface area contributed by atoms with E-state index in [-0.39, 0.29) is 29.9 Å². The zero-order valence-electron chi connectivity index (χ0n) is 18.3. The Kier molecular flexibility index (Phi) is 10.9. The molecule has 1 aliphatic heterocycles. The highest BCUT2D eigenvalue weighted by Gasteiger charge is 2.22. The molecule has 0 spiro atoms. The van der Waals surface area contributed by atoms with Crippen molar-refractivity contribution in [2.75, 3.05) is 26.7 Å². The van der Waals surface area contributed by atoms with Gasteiger partial charge >= 0.3 is 6.09 Å². The number of rotatable bonds is 7. The zero-order valence-corrected chi connectivity index (χ0v) is 20.6. The molecule has 0 saturated carbocycles. The standard InChI is InChI=1S/C21H33N5O3.HI/c1-21(2,3)29-20(28)25-13-12-24-19(22-4)23-11-7-10-18(27)26-14-16-8-5-6-9-17(16)15-26;/h5-6,8-9H,7,10-15H2,1-4H3,(H,25,28)(H2,22,23,24);1H. The van der Waals surface area contributed by atoms with Crippen LogP contribution >= 0.6 is 24.0 Å². The smallest absolute Gasteiger partial charge is 0.407 e. The predicted octanol–water partition coefficient (Wildman–Crippen LogP) is 2.62. The van der Waals surface area contributed by atoms with Gasteiger partial charge in [-0.25, -0.2) is 4.79 Å². The molecule has 0 bridgehead atoms. The van der Waals surface area contributed by atoms with E-state index in [4.69, 9.17) is 4.74 Å². The molecule has 0 aromatic heterocycles. The number of guanidine groups is 1. The molecule has 30 heavy (non-hydrogen) atoms. The second-order valence-electron chi connectivity index (χ2n) is 7.98. The highest BCUT2D eigenvalue weighted by molar-refractivity contribution is 14.0. The number of ether oxygens (including phenoxy) is 1. The molecule has 1 heterocycles. The van der Waals surface area contributed by atoms with Crippen LogP contribution in [0.2, 0.25) is 0 Å². The third-order valence-electron chi connectivity index (χ3n) is 4.36. The van der Waals surface area contributed by atoms with Gasteiger partial charge in [-0.1, -0.05) is 24.3 Å². The Morgan fingerprint density at radius 1 is 1.03 bits per heavy atom. The van der Waals surface area contributed by atoms with E-state index in [1.807, 2.05) is 37.8 Å². The Bertz CT molecular complexity index is 709. The lowest BCUT2D eigenvalue weighted by Gasteiger charge is -2.20. The monoisotopic (exact) mass is 531 g/mol. The minimum atomic E-state index is -0.510. The molecular weight excluding hydrogens is 497 g/mol. The van der Waals surface area contributed by atoms with Crippen molar-refractivity contribution in [1.29, 1.82) is 0 Å². The lowest BCUT2D eigenvalue weighted by molar-refractivity contribution is -0.131.